The number of benzene rings is 1. The van der Waals surface area contributed by atoms with E-state index in [1.165, 1.54) is 5.56 Å². The highest BCUT2D eigenvalue weighted by Crippen LogP contribution is 2.27. The van der Waals surface area contributed by atoms with Crippen molar-refractivity contribution in [3.8, 4) is 0 Å². The van der Waals surface area contributed by atoms with E-state index in [9.17, 15) is 4.79 Å². The molecule has 25 heavy (non-hydrogen) atoms. The molecule has 2 aromatic rings. The lowest BCUT2D eigenvalue weighted by molar-refractivity contribution is 0.0682. The molecule has 0 radical (unpaired) electrons. The highest BCUT2D eigenvalue weighted by Gasteiger charge is 2.33. The van der Waals surface area contributed by atoms with Gasteiger partial charge in [0.1, 0.15) is 5.69 Å². The number of aryl methyl sites for hydroxylation is 1. The minimum absolute atomic E-state index is 0.0192. The molecule has 5 nitrogen and oxygen atoms in total. The van der Waals surface area contributed by atoms with Crippen LogP contribution in [0.3, 0.4) is 0 Å². The standard InChI is InChI=1S/C20H26N4O/c1-4-24(20(25)19-13-21-15(2)12-22-19)18-10-11-23(14-18)16(3)17-8-6-5-7-9-17/h5-9,12-13,16,18H,4,10-11,14H2,1-3H3. The van der Waals surface area contributed by atoms with Crippen LogP contribution < -0.4 is 0 Å². The van der Waals surface area contributed by atoms with Crippen molar-refractivity contribution in [3.05, 3.63) is 59.7 Å². The van der Waals surface area contributed by atoms with E-state index in [0.29, 0.717) is 18.3 Å². The summed E-state index contributed by atoms with van der Waals surface area (Å²) in [6.07, 6.45) is 4.23. The second-order valence-corrected chi connectivity index (χ2v) is 6.66. The summed E-state index contributed by atoms with van der Waals surface area (Å²) in [6, 6.07) is 11.1. The Morgan fingerprint density at radius 3 is 2.68 bits per heavy atom. The summed E-state index contributed by atoms with van der Waals surface area (Å²) in [7, 11) is 0. The van der Waals surface area contributed by atoms with Crippen LogP contribution in [-0.4, -0.2) is 51.4 Å². The maximum atomic E-state index is 12.8. The fourth-order valence-electron chi connectivity index (χ4n) is 3.53. The molecule has 1 saturated heterocycles. The molecule has 1 amide bonds. The van der Waals surface area contributed by atoms with E-state index in [4.69, 9.17) is 0 Å². The molecule has 1 aromatic carbocycles. The van der Waals surface area contributed by atoms with Crippen molar-refractivity contribution >= 4 is 5.91 Å². The number of hydrogen-bond acceptors (Lipinski definition) is 4. The maximum Gasteiger partial charge on any atom is 0.274 e. The van der Waals surface area contributed by atoms with Gasteiger partial charge in [0, 0.05) is 37.9 Å². The van der Waals surface area contributed by atoms with Gasteiger partial charge < -0.3 is 4.90 Å². The number of carbonyl (C=O) groups excluding carboxylic acids is 1. The first-order valence-electron chi connectivity index (χ1n) is 8.98. The van der Waals surface area contributed by atoms with Crippen LogP contribution in [-0.2, 0) is 0 Å². The van der Waals surface area contributed by atoms with E-state index >= 15 is 0 Å². The van der Waals surface area contributed by atoms with Crippen LogP contribution in [0.25, 0.3) is 0 Å². The number of likely N-dealkylation sites (tertiary alicyclic amines) is 1. The topological polar surface area (TPSA) is 49.3 Å². The minimum Gasteiger partial charge on any atom is -0.333 e. The normalized spacial score (nSPS) is 18.9. The summed E-state index contributed by atoms with van der Waals surface area (Å²) >= 11 is 0. The van der Waals surface area contributed by atoms with E-state index < -0.39 is 0 Å². The zero-order valence-electron chi connectivity index (χ0n) is 15.2. The van der Waals surface area contributed by atoms with Crippen LogP contribution in [0.2, 0.25) is 0 Å². The van der Waals surface area contributed by atoms with E-state index in [1.807, 2.05) is 24.8 Å². The summed E-state index contributed by atoms with van der Waals surface area (Å²) in [4.78, 5) is 25.7. The molecule has 0 saturated carbocycles. The van der Waals surface area contributed by atoms with Crippen LogP contribution in [0, 0.1) is 6.92 Å². The Morgan fingerprint density at radius 1 is 1.28 bits per heavy atom. The molecule has 132 valence electrons. The fourth-order valence-corrected chi connectivity index (χ4v) is 3.53. The summed E-state index contributed by atoms with van der Waals surface area (Å²) in [5.41, 5.74) is 2.58. The third-order valence-electron chi connectivity index (χ3n) is 5.07. The van der Waals surface area contributed by atoms with Gasteiger partial charge in [-0.05, 0) is 32.8 Å². The van der Waals surface area contributed by atoms with Gasteiger partial charge in [0.25, 0.3) is 5.91 Å². The second-order valence-electron chi connectivity index (χ2n) is 6.66. The lowest BCUT2D eigenvalue weighted by Crippen LogP contribution is -2.42. The lowest BCUT2D eigenvalue weighted by Gasteiger charge is -2.29. The molecular weight excluding hydrogens is 312 g/mol. The molecule has 1 aromatic heterocycles. The van der Waals surface area contributed by atoms with Gasteiger partial charge in [0.15, 0.2) is 0 Å². The number of nitrogens with zero attached hydrogens (tertiary/aromatic N) is 4. The molecule has 0 spiro atoms. The Hall–Kier alpha value is -2.27. The molecule has 0 N–H and O–H groups in total. The average molecular weight is 338 g/mol. The van der Waals surface area contributed by atoms with Gasteiger partial charge in [0.05, 0.1) is 11.9 Å². The summed E-state index contributed by atoms with van der Waals surface area (Å²) in [5, 5.41) is 0. The number of rotatable bonds is 5. The number of hydrogen-bond donors (Lipinski definition) is 0. The van der Waals surface area contributed by atoms with Crippen molar-refractivity contribution in [1.29, 1.82) is 0 Å². The summed E-state index contributed by atoms with van der Waals surface area (Å²) in [6.45, 7) is 8.73. The van der Waals surface area contributed by atoms with Crippen LogP contribution in [0.4, 0.5) is 0 Å². The van der Waals surface area contributed by atoms with Crippen molar-refractivity contribution in [2.24, 2.45) is 0 Å². The van der Waals surface area contributed by atoms with Crippen LogP contribution in [0.15, 0.2) is 42.7 Å². The van der Waals surface area contributed by atoms with Crippen molar-refractivity contribution in [2.45, 2.75) is 39.3 Å². The molecule has 2 heterocycles. The van der Waals surface area contributed by atoms with Gasteiger partial charge in [-0.3, -0.25) is 14.7 Å². The molecule has 2 atom stereocenters. The van der Waals surface area contributed by atoms with Crippen LogP contribution >= 0.6 is 0 Å². The quantitative estimate of drug-likeness (QED) is 0.841. The molecule has 2 unspecified atom stereocenters. The Morgan fingerprint density at radius 2 is 2.04 bits per heavy atom. The molecule has 3 rings (SSSR count). The van der Waals surface area contributed by atoms with Crippen LogP contribution in [0.5, 0.6) is 0 Å². The first-order valence-corrected chi connectivity index (χ1v) is 8.98. The molecule has 1 fully saturated rings. The first kappa shape index (κ1) is 17.5. The zero-order valence-corrected chi connectivity index (χ0v) is 15.2. The average Bonchev–Trinajstić information content (AvgIpc) is 3.12. The first-order chi connectivity index (χ1) is 12.1. The van der Waals surface area contributed by atoms with Gasteiger partial charge in [-0.25, -0.2) is 4.98 Å². The number of amides is 1. The second kappa shape index (κ2) is 7.74. The van der Waals surface area contributed by atoms with Crippen LogP contribution in [0.1, 0.15) is 48.1 Å². The van der Waals surface area contributed by atoms with Gasteiger partial charge in [-0.15, -0.1) is 0 Å². The fraction of sp³-hybridized carbons (Fsp3) is 0.450. The lowest BCUT2D eigenvalue weighted by atomic mass is 10.1. The van der Waals surface area contributed by atoms with Crippen molar-refractivity contribution in [1.82, 2.24) is 19.8 Å². The van der Waals surface area contributed by atoms with Gasteiger partial charge in [0.2, 0.25) is 0 Å². The van der Waals surface area contributed by atoms with Crippen molar-refractivity contribution in [2.75, 3.05) is 19.6 Å². The van der Waals surface area contributed by atoms with E-state index in [-0.39, 0.29) is 11.9 Å². The summed E-state index contributed by atoms with van der Waals surface area (Å²) < 4.78 is 0. The Bertz CT molecular complexity index is 701. The predicted octanol–water partition coefficient (Wildman–Crippen LogP) is 3.08. The van der Waals surface area contributed by atoms with E-state index in [0.717, 1.165) is 25.2 Å². The Balaban J connectivity index is 1.68. The molecule has 1 aliphatic heterocycles. The van der Waals surface area contributed by atoms with Crippen molar-refractivity contribution in [3.63, 3.8) is 0 Å². The van der Waals surface area contributed by atoms with Gasteiger partial charge in [-0.1, -0.05) is 30.3 Å². The predicted molar refractivity (Wildman–Crippen MR) is 98.3 cm³/mol. The number of carbonyl (C=O) groups is 1. The SMILES string of the molecule is CCN(C(=O)c1cnc(C)cn1)C1CCN(C(C)c2ccccc2)C1. The molecule has 0 aliphatic carbocycles. The zero-order chi connectivity index (χ0) is 17.8. The summed E-state index contributed by atoms with van der Waals surface area (Å²) in [5.74, 6) is -0.0192. The number of likely N-dealkylation sites (N-methyl/N-ethyl adjacent to an activating group) is 1. The molecular formula is C20H26N4O. The smallest absolute Gasteiger partial charge is 0.274 e. The molecule has 5 heteroatoms. The maximum absolute atomic E-state index is 12.8. The van der Waals surface area contributed by atoms with Gasteiger partial charge in [-0.2, -0.15) is 0 Å². The molecule has 1 aliphatic rings. The highest BCUT2D eigenvalue weighted by molar-refractivity contribution is 5.92. The molecule has 0 bridgehead atoms. The Labute approximate surface area is 149 Å². The van der Waals surface area contributed by atoms with Gasteiger partial charge >= 0.3 is 0 Å². The Kier molecular flexibility index (Phi) is 5.43. The number of aromatic nitrogens is 2. The minimum atomic E-state index is -0.0192. The van der Waals surface area contributed by atoms with Crippen molar-refractivity contribution < 1.29 is 4.79 Å². The monoisotopic (exact) mass is 338 g/mol. The third kappa shape index (κ3) is 3.87. The largest absolute Gasteiger partial charge is 0.333 e. The highest BCUT2D eigenvalue weighted by atomic mass is 16.2. The van der Waals surface area contributed by atoms with E-state index in [2.05, 4.69) is 46.1 Å². The third-order valence-corrected chi connectivity index (χ3v) is 5.07. The van der Waals surface area contributed by atoms with E-state index in [1.54, 1.807) is 12.4 Å².